The van der Waals surface area contributed by atoms with Crippen LogP contribution in [-0.2, 0) is 27.6 Å². The summed E-state index contributed by atoms with van der Waals surface area (Å²) in [6.07, 6.45) is -3.65. The minimum atomic E-state index is -4.16. The molecule has 2 unspecified atom stereocenters. The van der Waals surface area contributed by atoms with Crippen molar-refractivity contribution in [2.75, 3.05) is 33.5 Å². The highest BCUT2D eigenvalue weighted by Gasteiger charge is 2.55. The Hall–Kier alpha value is -1.91. The van der Waals surface area contributed by atoms with E-state index in [9.17, 15) is 23.7 Å². The number of alkyl halides is 1. The zero-order valence-electron chi connectivity index (χ0n) is 17.1. The Balaban J connectivity index is 2.10. The molecular weight excluding hydrogens is 440 g/mol. The van der Waals surface area contributed by atoms with Gasteiger partial charge in [0.25, 0.3) is 5.56 Å². The fraction of sp³-hybridized carbons (Fsp3) is 0.706. The van der Waals surface area contributed by atoms with Crippen LogP contribution in [0.1, 0.15) is 26.0 Å². The third-order valence-corrected chi connectivity index (χ3v) is 5.94. The van der Waals surface area contributed by atoms with Gasteiger partial charge in [-0.1, -0.05) is 0 Å². The number of aromatic amines is 1. The lowest BCUT2D eigenvalue weighted by Crippen LogP contribution is -2.45. The molecule has 5 atom stereocenters. The largest absolute Gasteiger partial charge is 0.474 e. The number of aliphatic hydroxyl groups is 1. The summed E-state index contributed by atoms with van der Waals surface area (Å²) in [5.74, 6) is 0. The summed E-state index contributed by atoms with van der Waals surface area (Å²) in [5, 5.41) is 19.2. The summed E-state index contributed by atoms with van der Waals surface area (Å²) in [5.41, 5.74) is -3.74. The fourth-order valence-corrected chi connectivity index (χ4v) is 3.95. The van der Waals surface area contributed by atoms with Gasteiger partial charge in [-0.3, -0.25) is 27.9 Å². The summed E-state index contributed by atoms with van der Waals surface area (Å²) >= 11 is 0. The molecule has 0 amide bonds. The second-order valence-electron chi connectivity index (χ2n) is 6.82. The van der Waals surface area contributed by atoms with Crippen molar-refractivity contribution in [3.63, 3.8) is 0 Å². The number of nitrogens with one attached hydrogen (secondary N) is 1. The highest BCUT2D eigenvalue weighted by Crippen LogP contribution is 2.51. The third kappa shape index (κ3) is 6.54. The molecule has 1 aromatic heterocycles. The first kappa shape index (κ1) is 25.4. The van der Waals surface area contributed by atoms with Crippen LogP contribution < -0.4 is 11.2 Å². The van der Waals surface area contributed by atoms with Crippen LogP contribution in [0.3, 0.4) is 0 Å². The van der Waals surface area contributed by atoms with Crippen LogP contribution >= 0.6 is 7.82 Å². The SMILES string of the molecule is COCCCOP(=O)(OCCC#N)OCC1O[C@@H](n2ccc(=O)[nH]c2=O)[C@H](F)[C@]1(C)O. The van der Waals surface area contributed by atoms with Crippen molar-refractivity contribution in [1.29, 1.82) is 5.26 Å². The molecule has 1 fully saturated rings. The molecule has 1 aliphatic rings. The predicted octanol–water partition coefficient (Wildman–Crippen LogP) is 0.631. The van der Waals surface area contributed by atoms with Gasteiger partial charge in [-0.15, -0.1) is 0 Å². The number of methoxy groups -OCH3 is 1. The quantitative estimate of drug-likeness (QED) is 0.331. The molecule has 0 bridgehead atoms. The van der Waals surface area contributed by atoms with Gasteiger partial charge >= 0.3 is 13.5 Å². The molecule has 174 valence electrons. The van der Waals surface area contributed by atoms with E-state index in [1.54, 1.807) is 0 Å². The van der Waals surface area contributed by atoms with Crippen LogP contribution in [0.25, 0.3) is 0 Å². The molecule has 2 N–H and O–H groups in total. The average Bonchev–Trinajstić information content (AvgIpc) is 2.93. The second-order valence-corrected chi connectivity index (χ2v) is 8.49. The van der Waals surface area contributed by atoms with E-state index in [2.05, 4.69) is 0 Å². The maximum atomic E-state index is 14.9. The Labute approximate surface area is 177 Å². The van der Waals surface area contributed by atoms with Crippen LogP contribution in [0, 0.1) is 11.3 Å². The van der Waals surface area contributed by atoms with Crippen LogP contribution in [-0.4, -0.2) is 66.1 Å². The topological polar surface area (TPSA) is 162 Å². The number of nitrogens with zero attached hydrogens (tertiary/aromatic N) is 2. The van der Waals surface area contributed by atoms with Crippen molar-refractivity contribution in [2.24, 2.45) is 0 Å². The minimum Gasteiger partial charge on any atom is -0.385 e. The van der Waals surface area contributed by atoms with Crippen molar-refractivity contribution in [3.8, 4) is 6.07 Å². The van der Waals surface area contributed by atoms with E-state index in [1.165, 1.54) is 7.11 Å². The van der Waals surface area contributed by atoms with Gasteiger partial charge in [-0.05, 0) is 13.3 Å². The number of halogens is 1. The molecule has 0 aromatic carbocycles. The first-order valence-corrected chi connectivity index (χ1v) is 10.8. The first-order valence-electron chi connectivity index (χ1n) is 9.37. The molecule has 1 aromatic rings. The van der Waals surface area contributed by atoms with Crippen LogP contribution in [0.2, 0.25) is 0 Å². The van der Waals surface area contributed by atoms with Crippen molar-refractivity contribution in [3.05, 3.63) is 33.1 Å². The van der Waals surface area contributed by atoms with Crippen molar-refractivity contribution >= 4 is 7.82 Å². The molecule has 31 heavy (non-hydrogen) atoms. The molecule has 0 aliphatic carbocycles. The number of aromatic nitrogens is 2. The van der Waals surface area contributed by atoms with Crippen molar-refractivity contribution < 1.29 is 37.1 Å². The molecular formula is C17H25FN3O9P. The van der Waals surface area contributed by atoms with E-state index in [1.807, 2.05) is 11.1 Å². The zero-order valence-corrected chi connectivity index (χ0v) is 18.0. The molecule has 2 heterocycles. The van der Waals surface area contributed by atoms with E-state index in [4.69, 9.17) is 28.3 Å². The molecule has 1 saturated heterocycles. The van der Waals surface area contributed by atoms with Gasteiger partial charge in [0, 0.05) is 26.0 Å². The van der Waals surface area contributed by atoms with E-state index in [0.717, 1.165) is 23.8 Å². The van der Waals surface area contributed by atoms with Gasteiger partial charge < -0.3 is 14.6 Å². The smallest absolute Gasteiger partial charge is 0.385 e. The van der Waals surface area contributed by atoms with Crippen LogP contribution in [0.5, 0.6) is 0 Å². The van der Waals surface area contributed by atoms with Gasteiger partial charge in [0.05, 0.1) is 32.3 Å². The normalized spacial score (nSPS) is 27.6. The van der Waals surface area contributed by atoms with Crippen LogP contribution in [0.15, 0.2) is 21.9 Å². The lowest BCUT2D eigenvalue weighted by Gasteiger charge is -2.26. The summed E-state index contributed by atoms with van der Waals surface area (Å²) < 4.78 is 54.2. The lowest BCUT2D eigenvalue weighted by molar-refractivity contribution is -0.0776. The van der Waals surface area contributed by atoms with E-state index < -0.39 is 49.8 Å². The van der Waals surface area contributed by atoms with E-state index in [0.29, 0.717) is 13.0 Å². The number of ether oxygens (including phenoxy) is 2. The second kappa shape index (κ2) is 11.1. The third-order valence-electron chi connectivity index (χ3n) is 4.48. The van der Waals surface area contributed by atoms with Gasteiger partial charge in [-0.2, -0.15) is 5.26 Å². The summed E-state index contributed by atoms with van der Waals surface area (Å²) in [7, 11) is -2.68. The van der Waals surface area contributed by atoms with E-state index in [-0.39, 0.29) is 19.6 Å². The average molecular weight is 465 g/mol. The Bertz CT molecular complexity index is 928. The van der Waals surface area contributed by atoms with Crippen LogP contribution in [0.4, 0.5) is 4.39 Å². The molecule has 1 aliphatic heterocycles. The predicted molar refractivity (Wildman–Crippen MR) is 103 cm³/mol. The summed E-state index contributed by atoms with van der Waals surface area (Å²) in [4.78, 5) is 25.1. The summed E-state index contributed by atoms with van der Waals surface area (Å²) in [6.45, 7) is 0.582. The van der Waals surface area contributed by atoms with Crippen molar-refractivity contribution in [2.45, 2.75) is 43.9 Å². The number of phosphoric acid groups is 1. The van der Waals surface area contributed by atoms with E-state index >= 15 is 0 Å². The molecule has 0 spiro atoms. The molecule has 2 rings (SSSR count). The number of hydrogen-bond acceptors (Lipinski definition) is 10. The molecule has 0 saturated carbocycles. The monoisotopic (exact) mass is 465 g/mol. The minimum absolute atomic E-state index is 0.0410. The van der Waals surface area contributed by atoms with Gasteiger partial charge in [0.1, 0.15) is 11.7 Å². The zero-order chi connectivity index (χ0) is 23.1. The number of rotatable bonds is 12. The van der Waals surface area contributed by atoms with Gasteiger partial charge in [0.2, 0.25) is 0 Å². The Morgan fingerprint density at radius 3 is 2.71 bits per heavy atom. The lowest BCUT2D eigenvalue weighted by atomic mass is 9.96. The number of hydrogen-bond donors (Lipinski definition) is 2. The highest BCUT2D eigenvalue weighted by molar-refractivity contribution is 7.48. The fourth-order valence-electron chi connectivity index (χ4n) is 2.74. The standard InChI is InChI=1S/C17H25FN3O9P/c1-17(24)12(30-15(14(17)18)21-7-5-13(22)20-16(21)23)11-29-31(25,27-9-3-6-19)28-10-4-8-26-2/h5,7,12,14-15,24H,3-4,8-11H2,1-2H3,(H,20,22,23)/t12?,14-,15+,17+,31?/m0/s1. The summed E-state index contributed by atoms with van der Waals surface area (Å²) in [6, 6.07) is 2.82. The number of phosphoric ester groups is 1. The molecule has 14 heteroatoms. The Morgan fingerprint density at radius 2 is 2.06 bits per heavy atom. The maximum Gasteiger partial charge on any atom is 0.474 e. The Morgan fingerprint density at radius 1 is 1.35 bits per heavy atom. The Kier molecular flexibility index (Phi) is 9.08. The maximum absolute atomic E-state index is 14.9. The van der Waals surface area contributed by atoms with Crippen molar-refractivity contribution in [1.82, 2.24) is 9.55 Å². The number of nitriles is 1. The van der Waals surface area contributed by atoms with Gasteiger partial charge in [0.15, 0.2) is 12.4 Å². The van der Waals surface area contributed by atoms with Gasteiger partial charge in [-0.25, -0.2) is 13.8 Å². The first-order chi connectivity index (χ1) is 14.6. The molecule has 12 nitrogen and oxygen atoms in total. The molecule has 0 radical (unpaired) electrons. The highest BCUT2D eigenvalue weighted by atomic mass is 31.2. The number of H-pyrrole nitrogens is 1.